The van der Waals surface area contributed by atoms with Crippen LogP contribution in [0.15, 0.2) is 45.7 Å². The van der Waals surface area contributed by atoms with Crippen LogP contribution in [0.4, 0.5) is 0 Å². The minimum atomic E-state index is -0.519. The van der Waals surface area contributed by atoms with Crippen molar-refractivity contribution in [2.75, 3.05) is 19.7 Å². The molecule has 2 aromatic heterocycles. The molecule has 3 aromatic rings. The van der Waals surface area contributed by atoms with E-state index in [0.29, 0.717) is 23.7 Å². The van der Waals surface area contributed by atoms with Crippen LogP contribution in [0.3, 0.4) is 0 Å². The maximum Gasteiger partial charge on any atom is 0.316 e. The number of rotatable bonds is 9. The number of para-hydroxylation sites is 1. The Morgan fingerprint density at radius 3 is 2.69 bits per heavy atom. The van der Waals surface area contributed by atoms with Crippen LogP contribution < -0.4 is 15.4 Å². The van der Waals surface area contributed by atoms with Crippen LogP contribution in [0.25, 0.3) is 0 Å². The van der Waals surface area contributed by atoms with Crippen LogP contribution in [-0.4, -0.2) is 51.4 Å². The lowest BCUT2D eigenvalue weighted by Gasteiger charge is -2.10. The maximum absolute atomic E-state index is 12.3. The Balaban J connectivity index is 1.45. The predicted molar refractivity (Wildman–Crippen MR) is 106 cm³/mol. The third-order valence-corrected chi connectivity index (χ3v) is 4.10. The summed E-state index contributed by atoms with van der Waals surface area (Å²) in [6.45, 7) is 3.02. The average Bonchev–Trinajstić information content (AvgIpc) is 3.35. The van der Waals surface area contributed by atoms with Gasteiger partial charge in [-0.2, -0.15) is 10.1 Å². The van der Waals surface area contributed by atoms with Crippen molar-refractivity contribution in [2.24, 2.45) is 0 Å². The van der Waals surface area contributed by atoms with Gasteiger partial charge in [0.15, 0.2) is 5.82 Å². The lowest BCUT2D eigenvalue weighted by Crippen LogP contribution is -2.35. The molecule has 0 aliphatic carbocycles. The van der Waals surface area contributed by atoms with Crippen molar-refractivity contribution in [1.82, 2.24) is 30.6 Å². The predicted octanol–water partition coefficient (Wildman–Crippen LogP) is 1.64. The molecule has 2 amide bonds. The number of amides is 2. The van der Waals surface area contributed by atoms with E-state index in [1.54, 1.807) is 41.3 Å². The molecular formula is C18H19BrN6O4. The van der Waals surface area contributed by atoms with E-state index in [9.17, 15) is 9.59 Å². The third kappa shape index (κ3) is 5.64. The quantitative estimate of drug-likeness (QED) is 0.463. The van der Waals surface area contributed by atoms with Crippen LogP contribution in [0.5, 0.6) is 5.75 Å². The zero-order chi connectivity index (χ0) is 20.6. The number of benzene rings is 1. The first-order valence-electron chi connectivity index (χ1n) is 8.85. The van der Waals surface area contributed by atoms with Crippen molar-refractivity contribution >= 4 is 27.7 Å². The highest BCUT2D eigenvalue weighted by molar-refractivity contribution is 9.10. The molecule has 2 N–H and O–H groups in total. The molecule has 11 heteroatoms. The second-order valence-electron chi connectivity index (χ2n) is 5.81. The third-order valence-electron chi connectivity index (χ3n) is 3.70. The molecule has 0 aliphatic heterocycles. The maximum atomic E-state index is 12.3. The topological polar surface area (TPSA) is 124 Å². The van der Waals surface area contributed by atoms with Gasteiger partial charge in [0.1, 0.15) is 12.3 Å². The Hall–Kier alpha value is -3.21. The molecule has 2 heterocycles. The first-order chi connectivity index (χ1) is 14.1. The van der Waals surface area contributed by atoms with E-state index in [1.165, 1.54) is 0 Å². The van der Waals surface area contributed by atoms with Crippen molar-refractivity contribution in [3.63, 3.8) is 0 Å². The number of carbonyl (C=O) groups is 2. The Kier molecular flexibility index (Phi) is 6.95. The van der Waals surface area contributed by atoms with E-state index in [4.69, 9.17) is 9.26 Å². The lowest BCUT2D eigenvalue weighted by atomic mass is 10.2. The van der Waals surface area contributed by atoms with Gasteiger partial charge in [-0.3, -0.25) is 14.3 Å². The van der Waals surface area contributed by atoms with Crippen molar-refractivity contribution in [1.29, 1.82) is 0 Å². The van der Waals surface area contributed by atoms with Crippen LogP contribution >= 0.6 is 15.9 Å². The number of nitrogens with zero attached hydrogens (tertiary/aromatic N) is 4. The van der Waals surface area contributed by atoms with E-state index in [1.807, 2.05) is 6.92 Å². The smallest absolute Gasteiger partial charge is 0.316 e. The van der Waals surface area contributed by atoms with E-state index in [-0.39, 0.29) is 31.4 Å². The normalized spacial score (nSPS) is 10.6. The summed E-state index contributed by atoms with van der Waals surface area (Å²) >= 11 is 3.30. The Labute approximate surface area is 174 Å². The summed E-state index contributed by atoms with van der Waals surface area (Å²) in [6.07, 6.45) is 3.39. The van der Waals surface area contributed by atoms with E-state index < -0.39 is 5.91 Å². The van der Waals surface area contributed by atoms with Gasteiger partial charge in [-0.15, -0.1) is 0 Å². The molecule has 0 unspecified atom stereocenters. The zero-order valence-electron chi connectivity index (χ0n) is 15.6. The summed E-state index contributed by atoms with van der Waals surface area (Å²) in [6, 6.07) is 6.96. The molecule has 3 rings (SSSR count). The molecule has 0 atom stereocenters. The van der Waals surface area contributed by atoms with Gasteiger partial charge in [0.05, 0.1) is 22.8 Å². The van der Waals surface area contributed by atoms with E-state index in [0.717, 1.165) is 4.47 Å². The fraction of sp³-hybridized carbons (Fsp3) is 0.278. The molecule has 152 valence electrons. The summed E-state index contributed by atoms with van der Waals surface area (Å²) in [5.74, 6) is -0.118. The molecule has 0 spiro atoms. The Bertz CT molecular complexity index is 986. The minimum absolute atomic E-state index is 0.153. The minimum Gasteiger partial charge on any atom is -0.493 e. The van der Waals surface area contributed by atoms with Crippen molar-refractivity contribution in [3.05, 3.63) is 58.4 Å². The summed E-state index contributed by atoms with van der Waals surface area (Å²) < 4.78 is 12.8. The SMILES string of the molecule is CCOc1ccccc1C(=O)NCCNC(=O)c1nc(Cn2cc(Br)cn2)no1. The van der Waals surface area contributed by atoms with Crippen LogP contribution in [-0.2, 0) is 6.54 Å². The fourth-order valence-corrected chi connectivity index (χ4v) is 2.77. The Morgan fingerprint density at radius 1 is 1.21 bits per heavy atom. The molecule has 0 saturated heterocycles. The molecule has 0 aliphatic rings. The van der Waals surface area contributed by atoms with Gasteiger partial charge in [-0.1, -0.05) is 17.3 Å². The molecule has 29 heavy (non-hydrogen) atoms. The van der Waals surface area contributed by atoms with Crippen LogP contribution in [0.2, 0.25) is 0 Å². The summed E-state index contributed by atoms with van der Waals surface area (Å²) in [7, 11) is 0. The molecular weight excluding hydrogens is 444 g/mol. The van der Waals surface area contributed by atoms with Crippen LogP contribution in [0, 0.1) is 0 Å². The molecule has 0 fully saturated rings. The second-order valence-corrected chi connectivity index (χ2v) is 6.73. The van der Waals surface area contributed by atoms with E-state index in [2.05, 4.69) is 41.8 Å². The van der Waals surface area contributed by atoms with Crippen molar-refractivity contribution < 1.29 is 18.8 Å². The number of ether oxygens (including phenoxy) is 1. The highest BCUT2D eigenvalue weighted by atomic mass is 79.9. The van der Waals surface area contributed by atoms with Gasteiger partial charge in [-0.05, 0) is 35.0 Å². The monoisotopic (exact) mass is 462 g/mol. The van der Waals surface area contributed by atoms with Gasteiger partial charge in [0.25, 0.3) is 5.91 Å². The highest BCUT2D eigenvalue weighted by Crippen LogP contribution is 2.17. The molecule has 1 aromatic carbocycles. The van der Waals surface area contributed by atoms with E-state index >= 15 is 0 Å². The molecule has 0 radical (unpaired) electrons. The fourth-order valence-electron chi connectivity index (χ4n) is 2.44. The number of aromatic nitrogens is 4. The number of nitrogens with one attached hydrogen (secondary N) is 2. The van der Waals surface area contributed by atoms with Crippen molar-refractivity contribution in [2.45, 2.75) is 13.5 Å². The van der Waals surface area contributed by atoms with Gasteiger partial charge >= 0.3 is 11.8 Å². The first kappa shape index (κ1) is 20.5. The van der Waals surface area contributed by atoms with Gasteiger partial charge < -0.3 is 19.9 Å². The summed E-state index contributed by atoms with van der Waals surface area (Å²) in [4.78, 5) is 28.4. The lowest BCUT2D eigenvalue weighted by molar-refractivity contribution is 0.0897. The molecule has 10 nitrogen and oxygen atoms in total. The van der Waals surface area contributed by atoms with Crippen molar-refractivity contribution in [3.8, 4) is 5.75 Å². The number of halogens is 1. The summed E-state index contributed by atoms with van der Waals surface area (Å²) in [5, 5.41) is 13.2. The number of hydrogen-bond donors (Lipinski definition) is 2. The Morgan fingerprint density at radius 2 is 1.97 bits per heavy atom. The van der Waals surface area contributed by atoms with Gasteiger partial charge in [0.2, 0.25) is 0 Å². The second kappa shape index (κ2) is 9.82. The highest BCUT2D eigenvalue weighted by Gasteiger charge is 2.16. The average molecular weight is 463 g/mol. The number of hydrogen-bond acceptors (Lipinski definition) is 7. The molecule has 0 bridgehead atoms. The standard InChI is InChI=1S/C18H19BrN6O4/c1-2-28-14-6-4-3-5-13(14)16(26)20-7-8-21-17(27)18-23-15(24-29-18)11-25-10-12(19)9-22-25/h3-6,9-10H,2,7-8,11H2,1H3,(H,20,26)(H,21,27). The van der Waals surface area contributed by atoms with Crippen LogP contribution in [0.1, 0.15) is 33.8 Å². The first-order valence-corrected chi connectivity index (χ1v) is 9.65. The van der Waals surface area contributed by atoms with Gasteiger partial charge in [0, 0.05) is 19.3 Å². The zero-order valence-corrected chi connectivity index (χ0v) is 17.2. The largest absolute Gasteiger partial charge is 0.493 e. The summed E-state index contributed by atoms with van der Waals surface area (Å²) in [5.41, 5.74) is 0.437. The van der Waals surface area contributed by atoms with Gasteiger partial charge in [-0.25, -0.2) is 0 Å². The number of carbonyl (C=O) groups excluding carboxylic acids is 2. The molecule has 0 saturated carbocycles.